The maximum Gasteiger partial charge on any atom is 0.251 e. The molecular formula is C9H7BrN2O2. The van der Waals surface area contributed by atoms with Crippen LogP contribution in [0.2, 0.25) is 0 Å². The Kier molecular flexibility index (Phi) is 2.25. The summed E-state index contributed by atoms with van der Waals surface area (Å²) in [5, 5.41) is 0. The first-order chi connectivity index (χ1) is 6.65. The first kappa shape index (κ1) is 9.21. The third-order valence-electron chi connectivity index (χ3n) is 1.69. The van der Waals surface area contributed by atoms with Gasteiger partial charge in [0.15, 0.2) is 10.4 Å². The predicted molar refractivity (Wildman–Crippen MR) is 55.0 cm³/mol. The molecule has 4 nitrogen and oxygen atoms in total. The predicted octanol–water partition coefficient (Wildman–Crippen LogP) is 2.10. The maximum atomic E-state index is 11.1. The summed E-state index contributed by atoms with van der Waals surface area (Å²) < 4.78 is 5.90. The topological polar surface area (TPSA) is 58.9 Å². The molecule has 2 aromatic heterocycles. The summed E-state index contributed by atoms with van der Waals surface area (Å²) in [5.74, 6) is 1.14. The molecule has 0 bridgehead atoms. The second-order valence-corrected chi connectivity index (χ2v) is 3.60. The van der Waals surface area contributed by atoms with E-state index in [-0.39, 0.29) is 5.56 Å². The van der Waals surface area contributed by atoms with Crippen LogP contribution in [0, 0.1) is 6.92 Å². The first-order valence-corrected chi connectivity index (χ1v) is 4.78. The molecule has 72 valence electrons. The molecule has 5 heteroatoms. The van der Waals surface area contributed by atoms with Crippen molar-refractivity contribution in [3.63, 3.8) is 0 Å². The molecule has 0 aromatic carbocycles. The first-order valence-electron chi connectivity index (χ1n) is 3.99. The molecule has 0 saturated heterocycles. The zero-order valence-electron chi connectivity index (χ0n) is 7.37. The molecule has 2 rings (SSSR count). The van der Waals surface area contributed by atoms with Gasteiger partial charge in [0.1, 0.15) is 11.5 Å². The summed E-state index contributed by atoms with van der Waals surface area (Å²) in [6, 6.07) is 4.91. The minimum atomic E-state index is -0.181. The van der Waals surface area contributed by atoms with Crippen LogP contribution < -0.4 is 5.56 Å². The quantitative estimate of drug-likeness (QED) is 0.848. The number of H-pyrrole nitrogens is 1. The Morgan fingerprint density at radius 2 is 2.29 bits per heavy atom. The number of halogens is 1. The molecule has 0 radical (unpaired) electrons. The summed E-state index contributed by atoms with van der Waals surface area (Å²) in [6.07, 6.45) is 0. The third-order valence-corrected chi connectivity index (χ3v) is 2.11. The number of hydrogen-bond acceptors (Lipinski definition) is 3. The van der Waals surface area contributed by atoms with E-state index in [9.17, 15) is 4.79 Å². The molecule has 0 atom stereocenters. The van der Waals surface area contributed by atoms with Crippen LogP contribution in [0.15, 0.2) is 32.1 Å². The van der Waals surface area contributed by atoms with Crippen LogP contribution in [0.1, 0.15) is 5.82 Å². The Morgan fingerprint density at radius 1 is 1.50 bits per heavy atom. The van der Waals surface area contributed by atoms with Gasteiger partial charge in [-0.3, -0.25) is 4.79 Å². The van der Waals surface area contributed by atoms with E-state index in [0.717, 1.165) is 0 Å². The Labute approximate surface area is 88.1 Å². The van der Waals surface area contributed by atoms with Crippen molar-refractivity contribution in [2.45, 2.75) is 6.92 Å². The summed E-state index contributed by atoms with van der Waals surface area (Å²) >= 11 is 3.19. The number of hydrogen-bond donors (Lipinski definition) is 1. The van der Waals surface area contributed by atoms with Crippen molar-refractivity contribution in [3.05, 3.63) is 39.0 Å². The van der Waals surface area contributed by atoms with E-state index in [1.165, 1.54) is 6.07 Å². The van der Waals surface area contributed by atoms with Crippen molar-refractivity contribution < 1.29 is 4.42 Å². The van der Waals surface area contributed by atoms with Gasteiger partial charge in [-0.1, -0.05) is 0 Å². The van der Waals surface area contributed by atoms with E-state index in [2.05, 4.69) is 25.9 Å². The highest BCUT2D eigenvalue weighted by Crippen LogP contribution is 2.22. The van der Waals surface area contributed by atoms with Crippen molar-refractivity contribution in [1.29, 1.82) is 0 Å². The molecule has 0 spiro atoms. The average Bonchev–Trinajstić information content (AvgIpc) is 2.50. The largest absolute Gasteiger partial charge is 0.448 e. The van der Waals surface area contributed by atoms with Crippen molar-refractivity contribution in [2.75, 3.05) is 0 Å². The molecule has 0 saturated carbocycles. The van der Waals surface area contributed by atoms with Gasteiger partial charge in [-0.2, -0.15) is 0 Å². The molecule has 2 aromatic rings. The van der Waals surface area contributed by atoms with Crippen LogP contribution in [0.4, 0.5) is 0 Å². The summed E-state index contributed by atoms with van der Waals surface area (Å²) in [4.78, 5) is 17.9. The van der Waals surface area contributed by atoms with Gasteiger partial charge in [0, 0.05) is 6.07 Å². The van der Waals surface area contributed by atoms with Crippen molar-refractivity contribution in [2.24, 2.45) is 0 Å². The second kappa shape index (κ2) is 3.42. The van der Waals surface area contributed by atoms with Crippen LogP contribution in [-0.2, 0) is 0 Å². The SMILES string of the molecule is Cc1nc(-c2ccc(Br)o2)cc(=O)[nH]1. The molecule has 0 aliphatic rings. The molecular weight excluding hydrogens is 248 g/mol. The van der Waals surface area contributed by atoms with Gasteiger partial charge in [-0.05, 0) is 35.0 Å². The normalized spacial score (nSPS) is 10.4. The second-order valence-electron chi connectivity index (χ2n) is 2.82. The van der Waals surface area contributed by atoms with E-state index in [4.69, 9.17) is 4.42 Å². The zero-order valence-corrected chi connectivity index (χ0v) is 8.96. The van der Waals surface area contributed by atoms with Crippen LogP contribution in [0.25, 0.3) is 11.5 Å². The van der Waals surface area contributed by atoms with E-state index < -0.39 is 0 Å². The number of nitrogens with zero attached hydrogens (tertiary/aromatic N) is 1. The van der Waals surface area contributed by atoms with Gasteiger partial charge >= 0.3 is 0 Å². The lowest BCUT2D eigenvalue weighted by atomic mass is 10.3. The zero-order chi connectivity index (χ0) is 10.1. The third kappa shape index (κ3) is 1.77. The monoisotopic (exact) mass is 254 g/mol. The number of nitrogens with one attached hydrogen (secondary N) is 1. The Morgan fingerprint density at radius 3 is 2.86 bits per heavy atom. The van der Waals surface area contributed by atoms with Gasteiger partial charge in [-0.15, -0.1) is 0 Å². The molecule has 1 N–H and O–H groups in total. The Balaban J connectivity index is 2.56. The maximum absolute atomic E-state index is 11.1. The molecule has 14 heavy (non-hydrogen) atoms. The number of rotatable bonds is 1. The van der Waals surface area contributed by atoms with Crippen molar-refractivity contribution in [3.8, 4) is 11.5 Å². The minimum Gasteiger partial charge on any atom is -0.448 e. The molecule has 2 heterocycles. The summed E-state index contributed by atoms with van der Waals surface area (Å²) in [6.45, 7) is 1.73. The van der Waals surface area contributed by atoms with E-state index in [1.807, 2.05) is 0 Å². The van der Waals surface area contributed by atoms with Gasteiger partial charge in [-0.25, -0.2) is 4.98 Å². The van der Waals surface area contributed by atoms with Crippen molar-refractivity contribution in [1.82, 2.24) is 9.97 Å². The smallest absolute Gasteiger partial charge is 0.251 e. The van der Waals surface area contributed by atoms with Gasteiger partial charge < -0.3 is 9.40 Å². The van der Waals surface area contributed by atoms with Crippen molar-refractivity contribution >= 4 is 15.9 Å². The van der Waals surface area contributed by atoms with Crippen LogP contribution >= 0.6 is 15.9 Å². The highest BCUT2D eigenvalue weighted by atomic mass is 79.9. The molecule has 0 fully saturated rings. The standard InChI is InChI=1S/C9H7BrN2O2/c1-5-11-6(4-9(13)12-5)7-2-3-8(10)14-7/h2-4H,1H3,(H,11,12,13). The fourth-order valence-electron chi connectivity index (χ4n) is 1.16. The lowest BCUT2D eigenvalue weighted by Crippen LogP contribution is -2.08. The van der Waals surface area contributed by atoms with Crippen LogP contribution in [-0.4, -0.2) is 9.97 Å². The molecule has 0 aliphatic heterocycles. The highest BCUT2D eigenvalue weighted by molar-refractivity contribution is 9.10. The number of aromatic amines is 1. The average molecular weight is 255 g/mol. The van der Waals surface area contributed by atoms with E-state index >= 15 is 0 Å². The number of aromatic nitrogens is 2. The Hall–Kier alpha value is -1.36. The lowest BCUT2D eigenvalue weighted by Gasteiger charge is -1.96. The van der Waals surface area contributed by atoms with Gasteiger partial charge in [0.25, 0.3) is 5.56 Å². The molecule has 0 amide bonds. The fourth-order valence-corrected chi connectivity index (χ4v) is 1.46. The summed E-state index contributed by atoms with van der Waals surface area (Å²) in [5.41, 5.74) is 0.358. The highest BCUT2D eigenvalue weighted by Gasteiger charge is 2.05. The van der Waals surface area contributed by atoms with Crippen LogP contribution in [0.5, 0.6) is 0 Å². The Bertz CT molecular complexity index is 516. The summed E-state index contributed by atoms with van der Waals surface area (Å²) in [7, 11) is 0. The van der Waals surface area contributed by atoms with Gasteiger partial charge in [0.2, 0.25) is 0 Å². The number of aryl methyl sites for hydroxylation is 1. The number of furan rings is 1. The van der Waals surface area contributed by atoms with E-state index in [1.54, 1.807) is 19.1 Å². The molecule has 0 aliphatic carbocycles. The van der Waals surface area contributed by atoms with E-state index in [0.29, 0.717) is 21.9 Å². The van der Waals surface area contributed by atoms with Crippen LogP contribution in [0.3, 0.4) is 0 Å². The molecule has 0 unspecified atom stereocenters. The fraction of sp³-hybridized carbons (Fsp3) is 0.111. The lowest BCUT2D eigenvalue weighted by molar-refractivity contribution is 0.553. The minimum absolute atomic E-state index is 0.181. The van der Waals surface area contributed by atoms with Gasteiger partial charge in [0.05, 0.1) is 0 Å².